The average Bonchev–Trinajstić information content (AvgIpc) is 2.92. The molecule has 8 nitrogen and oxygen atoms in total. The van der Waals surface area contributed by atoms with Crippen molar-refractivity contribution in [2.24, 2.45) is 0 Å². The van der Waals surface area contributed by atoms with Gasteiger partial charge in [0.25, 0.3) is 0 Å². The fourth-order valence-electron chi connectivity index (χ4n) is 3.51. The predicted molar refractivity (Wildman–Crippen MR) is 150 cm³/mol. The number of anilines is 4. The second-order valence-electron chi connectivity index (χ2n) is 8.29. The third kappa shape index (κ3) is 6.79. The van der Waals surface area contributed by atoms with E-state index in [4.69, 9.17) is 30.6 Å². The number of rotatable bonds is 10. The summed E-state index contributed by atoms with van der Waals surface area (Å²) in [5.74, 6) is 3.72. The van der Waals surface area contributed by atoms with Crippen molar-refractivity contribution in [3.05, 3.63) is 121 Å². The van der Waals surface area contributed by atoms with Crippen molar-refractivity contribution in [1.82, 2.24) is 0 Å². The van der Waals surface area contributed by atoms with Crippen molar-refractivity contribution in [2.45, 2.75) is 0 Å². The predicted octanol–water partition coefficient (Wildman–Crippen LogP) is 7.25. The lowest BCUT2D eigenvalue weighted by Gasteiger charge is -2.12. The largest absolute Gasteiger partial charge is 0.457 e. The van der Waals surface area contributed by atoms with Crippen molar-refractivity contribution in [3.63, 3.8) is 0 Å². The maximum atomic E-state index is 6.05. The third-order valence-electron chi connectivity index (χ3n) is 5.23. The van der Waals surface area contributed by atoms with Gasteiger partial charge in [-0.15, -0.1) is 0 Å². The van der Waals surface area contributed by atoms with Crippen molar-refractivity contribution < 1.29 is 19.1 Å². The van der Waals surface area contributed by atoms with Gasteiger partial charge in [-0.2, -0.15) is 0 Å². The van der Waals surface area contributed by atoms with E-state index in [0.29, 0.717) is 45.9 Å². The zero-order chi connectivity index (χ0) is 26.2. The zero-order valence-electron chi connectivity index (χ0n) is 20.3. The first-order chi connectivity index (χ1) is 18.6. The maximum absolute atomic E-state index is 6.05. The van der Waals surface area contributed by atoms with E-state index in [1.165, 1.54) is 0 Å². The van der Waals surface area contributed by atoms with Crippen LogP contribution < -0.4 is 41.6 Å². The van der Waals surface area contributed by atoms with Crippen LogP contribution in [0.25, 0.3) is 0 Å². The Morgan fingerprint density at radius 3 is 1.21 bits per heavy atom. The van der Waals surface area contributed by atoms with Gasteiger partial charge in [-0.05, 0) is 60.7 Å². The Morgan fingerprint density at radius 2 is 0.763 bits per heavy atom. The summed E-state index contributed by atoms with van der Waals surface area (Å²) in [5, 5.41) is 0. The van der Waals surface area contributed by atoms with Crippen molar-refractivity contribution >= 4 is 22.7 Å². The van der Waals surface area contributed by atoms with Crippen LogP contribution >= 0.6 is 0 Å². The second kappa shape index (κ2) is 11.5. The van der Waals surface area contributed by atoms with Crippen LogP contribution in [0.2, 0.25) is 0 Å². The molecule has 0 saturated carbocycles. The van der Waals surface area contributed by atoms with Gasteiger partial charge < -0.3 is 30.6 Å². The van der Waals surface area contributed by atoms with Crippen LogP contribution in [0.3, 0.4) is 0 Å². The smallest absolute Gasteiger partial charge is 0.157 e. The molecule has 0 aliphatic carbocycles. The van der Waals surface area contributed by atoms with E-state index in [2.05, 4.69) is 11.0 Å². The minimum Gasteiger partial charge on any atom is -0.457 e. The Bertz CT molecular complexity index is 1420. The van der Waals surface area contributed by atoms with Crippen molar-refractivity contribution in [1.29, 1.82) is 0 Å². The van der Waals surface area contributed by atoms with Gasteiger partial charge in [0.05, 0.1) is 11.4 Å². The molecule has 0 amide bonds. The molecule has 0 fully saturated rings. The van der Waals surface area contributed by atoms with E-state index >= 15 is 0 Å². The quantitative estimate of drug-likeness (QED) is 0.116. The van der Waals surface area contributed by atoms with Gasteiger partial charge >= 0.3 is 0 Å². The van der Waals surface area contributed by atoms with Crippen LogP contribution in [0.15, 0.2) is 121 Å². The summed E-state index contributed by atoms with van der Waals surface area (Å²) in [6.45, 7) is 0. The molecule has 5 aromatic rings. The summed E-state index contributed by atoms with van der Waals surface area (Å²) in [5.41, 5.74) is 20.1. The lowest BCUT2D eigenvalue weighted by atomic mass is 10.3. The normalized spacial score (nSPS) is 10.3. The maximum Gasteiger partial charge on any atom is 0.157 e. The molecule has 38 heavy (non-hydrogen) atoms. The SMILES string of the molecule is Nc1cccc(ONc2cccc(Oc3cccc(Oc4cccc(NOc5cccc(N)c5)c4)c3)c2)c1. The van der Waals surface area contributed by atoms with Gasteiger partial charge in [0.2, 0.25) is 0 Å². The molecule has 0 aromatic heterocycles. The van der Waals surface area contributed by atoms with Crippen LogP contribution in [0.1, 0.15) is 0 Å². The summed E-state index contributed by atoms with van der Waals surface area (Å²) in [4.78, 5) is 11.2. The number of hydrogen-bond acceptors (Lipinski definition) is 8. The molecule has 0 atom stereocenters. The van der Waals surface area contributed by atoms with Crippen molar-refractivity contribution in [3.8, 4) is 34.5 Å². The number of nitrogens with one attached hydrogen (secondary N) is 2. The summed E-state index contributed by atoms with van der Waals surface area (Å²) in [6, 6.07) is 36.6. The van der Waals surface area contributed by atoms with Gasteiger partial charge in [0.1, 0.15) is 23.0 Å². The fourth-order valence-corrected chi connectivity index (χ4v) is 3.51. The van der Waals surface area contributed by atoms with Crippen LogP contribution in [-0.4, -0.2) is 0 Å². The Hall–Kier alpha value is -5.50. The Morgan fingerprint density at radius 1 is 0.395 bits per heavy atom. The molecular formula is C30H26N4O4. The molecule has 0 saturated heterocycles. The highest BCUT2D eigenvalue weighted by molar-refractivity contribution is 5.51. The molecule has 0 spiro atoms. The minimum atomic E-state index is 0.608. The highest BCUT2D eigenvalue weighted by Gasteiger charge is 2.05. The summed E-state index contributed by atoms with van der Waals surface area (Å²) < 4.78 is 12.1. The van der Waals surface area contributed by atoms with Gasteiger partial charge in [0.15, 0.2) is 11.5 Å². The van der Waals surface area contributed by atoms with E-state index in [-0.39, 0.29) is 0 Å². The molecule has 0 heterocycles. The Balaban J connectivity index is 1.20. The molecular weight excluding hydrogens is 480 g/mol. The number of ether oxygens (including phenoxy) is 2. The van der Waals surface area contributed by atoms with E-state index in [0.717, 1.165) is 11.4 Å². The molecule has 0 radical (unpaired) electrons. The van der Waals surface area contributed by atoms with Gasteiger partial charge in [0, 0.05) is 41.7 Å². The third-order valence-corrected chi connectivity index (χ3v) is 5.23. The zero-order valence-corrected chi connectivity index (χ0v) is 20.3. The van der Waals surface area contributed by atoms with Crippen LogP contribution in [0.4, 0.5) is 22.7 Å². The van der Waals surface area contributed by atoms with E-state index < -0.39 is 0 Å². The lowest BCUT2D eigenvalue weighted by molar-refractivity contribution is 0.404. The summed E-state index contributed by atoms with van der Waals surface area (Å²) in [6.07, 6.45) is 0. The van der Waals surface area contributed by atoms with Crippen LogP contribution in [-0.2, 0) is 0 Å². The van der Waals surface area contributed by atoms with Crippen molar-refractivity contribution in [2.75, 3.05) is 22.4 Å². The molecule has 6 N–H and O–H groups in total. The summed E-state index contributed by atoms with van der Waals surface area (Å²) >= 11 is 0. The fraction of sp³-hybridized carbons (Fsp3) is 0. The molecule has 0 bridgehead atoms. The van der Waals surface area contributed by atoms with Gasteiger partial charge in [-0.1, -0.05) is 30.3 Å². The number of benzene rings is 5. The van der Waals surface area contributed by atoms with E-state index in [9.17, 15) is 0 Å². The highest BCUT2D eigenvalue weighted by Crippen LogP contribution is 2.30. The second-order valence-corrected chi connectivity index (χ2v) is 8.29. The first-order valence-electron chi connectivity index (χ1n) is 11.8. The number of nitrogen functional groups attached to an aromatic ring is 2. The van der Waals surface area contributed by atoms with Gasteiger partial charge in [-0.3, -0.25) is 0 Å². The Labute approximate surface area is 220 Å². The summed E-state index contributed by atoms with van der Waals surface area (Å²) in [7, 11) is 0. The monoisotopic (exact) mass is 506 g/mol. The van der Waals surface area contributed by atoms with Crippen LogP contribution in [0, 0.1) is 0 Å². The van der Waals surface area contributed by atoms with E-state index in [1.54, 1.807) is 24.3 Å². The molecule has 5 rings (SSSR count). The van der Waals surface area contributed by atoms with E-state index in [1.807, 2.05) is 97.1 Å². The molecule has 0 aliphatic heterocycles. The lowest BCUT2D eigenvalue weighted by Crippen LogP contribution is -2.04. The number of nitrogens with two attached hydrogens (primary N) is 2. The molecule has 5 aromatic carbocycles. The standard InChI is InChI=1S/C30H26N4O4/c31-21-6-1-14-29(16-21)37-33-23-8-3-10-25(18-23)35-27-12-5-13-28(20-27)36-26-11-4-9-24(19-26)34-38-30-15-2-7-22(32)17-30/h1-20,33-34H,31-32H2. The Kier molecular flexibility index (Phi) is 7.32. The molecule has 8 heteroatoms. The molecule has 190 valence electrons. The first-order valence-corrected chi connectivity index (χ1v) is 11.8. The average molecular weight is 507 g/mol. The van der Waals surface area contributed by atoms with Gasteiger partial charge in [-0.25, -0.2) is 11.0 Å². The molecule has 0 aliphatic rings. The van der Waals surface area contributed by atoms with Crippen LogP contribution in [0.5, 0.6) is 34.5 Å². The topological polar surface area (TPSA) is 113 Å². The highest BCUT2D eigenvalue weighted by atomic mass is 16.6. The minimum absolute atomic E-state index is 0.608. The first kappa shape index (κ1) is 24.2. The number of hydrogen-bond donors (Lipinski definition) is 4. The molecule has 0 unspecified atom stereocenters.